The maximum Gasteiger partial charge on any atom is 0.410 e. The molecule has 1 aromatic rings. The second kappa shape index (κ2) is 4.76. The lowest BCUT2D eigenvalue weighted by Gasteiger charge is -2.20. The second-order valence-corrected chi connectivity index (χ2v) is 3.80. The highest BCUT2D eigenvalue weighted by Crippen LogP contribution is 2.31. The van der Waals surface area contributed by atoms with Crippen LogP contribution < -0.4 is 0 Å². The first-order valence-corrected chi connectivity index (χ1v) is 5.23. The fourth-order valence-electron chi connectivity index (χ4n) is 1.98. The Morgan fingerprint density at radius 2 is 2.18 bits per heavy atom. The fraction of sp³-hybridized carbons (Fsp3) is 0.364. The molecule has 17 heavy (non-hydrogen) atoms. The van der Waals surface area contributed by atoms with Gasteiger partial charge in [-0.15, -0.1) is 0 Å². The highest BCUT2D eigenvalue weighted by Gasteiger charge is 2.39. The van der Waals surface area contributed by atoms with Crippen LogP contribution in [0.1, 0.15) is 11.6 Å². The third-order valence-electron chi connectivity index (χ3n) is 2.78. The van der Waals surface area contributed by atoms with Crippen LogP contribution in [-0.2, 0) is 4.74 Å². The topological polar surface area (TPSA) is 78.3 Å². The van der Waals surface area contributed by atoms with Crippen molar-refractivity contribution in [3.8, 4) is 0 Å². The minimum Gasteiger partial charge on any atom is -0.443 e. The number of ether oxygens (including phenoxy) is 1. The van der Waals surface area contributed by atoms with E-state index in [2.05, 4.69) is 10.0 Å². The number of amides is 1. The van der Waals surface area contributed by atoms with Crippen molar-refractivity contribution in [3.05, 3.63) is 46.3 Å². The molecular formula is C11H12N4O2. The molecular weight excluding hydrogens is 220 g/mol. The van der Waals surface area contributed by atoms with Gasteiger partial charge in [0.05, 0.1) is 12.6 Å². The number of hydrogen-bond acceptors (Lipinski definition) is 3. The number of azide groups is 1. The van der Waals surface area contributed by atoms with Gasteiger partial charge in [-0.1, -0.05) is 35.4 Å². The standard InChI is InChI=1S/C11H12N4O2/c1-15-10(8-5-3-2-4-6-8)9(7-13-14-12)17-11(15)16/h2-6,9-10H,7H2,1H3/t9-,10-/m0/s1. The van der Waals surface area contributed by atoms with Crippen LogP contribution in [0.15, 0.2) is 35.4 Å². The third kappa shape index (κ3) is 2.16. The van der Waals surface area contributed by atoms with E-state index in [0.29, 0.717) is 0 Å². The van der Waals surface area contributed by atoms with Crippen molar-refractivity contribution in [3.63, 3.8) is 0 Å². The lowest BCUT2D eigenvalue weighted by Crippen LogP contribution is -2.26. The summed E-state index contributed by atoms with van der Waals surface area (Å²) in [7, 11) is 1.68. The Morgan fingerprint density at radius 3 is 2.82 bits per heavy atom. The lowest BCUT2D eigenvalue weighted by molar-refractivity contribution is 0.133. The summed E-state index contributed by atoms with van der Waals surface area (Å²) in [6.45, 7) is 0.145. The number of hydrogen-bond donors (Lipinski definition) is 0. The normalized spacial score (nSPS) is 23.1. The van der Waals surface area contributed by atoms with E-state index in [-0.39, 0.29) is 12.6 Å². The van der Waals surface area contributed by atoms with Crippen molar-refractivity contribution < 1.29 is 9.53 Å². The molecule has 0 spiro atoms. The van der Waals surface area contributed by atoms with E-state index in [4.69, 9.17) is 10.3 Å². The molecule has 1 heterocycles. The van der Waals surface area contributed by atoms with E-state index >= 15 is 0 Å². The SMILES string of the molecule is CN1C(=O)O[C@@H](CN=[N+]=[N-])[C@@H]1c1ccccc1. The van der Waals surface area contributed by atoms with Crippen molar-refractivity contribution in [1.29, 1.82) is 0 Å². The molecule has 2 rings (SSSR count). The van der Waals surface area contributed by atoms with Gasteiger partial charge >= 0.3 is 6.09 Å². The van der Waals surface area contributed by atoms with Crippen LogP contribution >= 0.6 is 0 Å². The van der Waals surface area contributed by atoms with Crippen LogP contribution in [0.25, 0.3) is 10.4 Å². The Balaban J connectivity index is 2.27. The molecule has 0 aliphatic carbocycles. The summed E-state index contributed by atoms with van der Waals surface area (Å²) in [5.41, 5.74) is 9.29. The molecule has 1 aliphatic heterocycles. The predicted molar refractivity (Wildman–Crippen MR) is 61.2 cm³/mol. The minimum absolute atomic E-state index is 0.145. The fourth-order valence-corrected chi connectivity index (χ4v) is 1.98. The van der Waals surface area contributed by atoms with Crippen LogP contribution in [0.5, 0.6) is 0 Å². The van der Waals surface area contributed by atoms with Gasteiger partial charge in [0.25, 0.3) is 0 Å². The number of likely N-dealkylation sites (N-methyl/N-ethyl adjacent to an activating group) is 1. The first-order valence-electron chi connectivity index (χ1n) is 5.23. The number of nitrogens with zero attached hydrogens (tertiary/aromatic N) is 4. The Morgan fingerprint density at radius 1 is 1.47 bits per heavy atom. The van der Waals surface area contributed by atoms with Crippen molar-refractivity contribution in [2.45, 2.75) is 12.1 Å². The van der Waals surface area contributed by atoms with E-state index in [0.717, 1.165) is 5.56 Å². The van der Waals surface area contributed by atoms with Gasteiger partial charge in [0.1, 0.15) is 6.10 Å². The molecule has 1 saturated heterocycles. The summed E-state index contributed by atoms with van der Waals surface area (Å²) in [4.78, 5) is 15.7. The van der Waals surface area contributed by atoms with Gasteiger partial charge in [0.15, 0.2) is 0 Å². The summed E-state index contributed by atoms with van der Waals surface area (Å²) in [6, 6.07) is 9.35. The van der Waals surface area contributed by atoms with Crippen LogP contribution in [-0.4, -0.2) is 30.7 Å². The average Bonchev–Trinajstić information content (AvgIpc) is 2.64. The van der Waals surface area contributed by atoms with Crippen LogP contribution in [0.3, 0.4) is 0 Å². The molecule has 0 unspecified atom stereocenters. The summed E-state index contributed by atoms with van der Waals surface area (Å²) < 4.78 is 5.16. The molecule has 0 saturated carbocycles. The molecule has 1 fully saturated rings. The number of carbonyl (C=O) groups excluding carboxylic acids is 1. The quantitative estimate of drug-likeness (QED) is 0.456. The molecule has 88 valence electrons. The Kier molecular flexibility index (Phi) is 3.16. The molecule has 0 radical (unpaired) electrons. The molecule has 0 N–H and O–H groups in total. The molecule has 0 bridgehead atoms. The monoisotopic (exact) mass is 232 g/mol. The number of carbonyl (C=O) groups is 1. The summed E-state index contributed by atoms with van der Waals surface area (Å²) in [5.74, 6) is 0. The molecule has 2 atom stereocenters. The zero-order chi connectivity index (χ0) is 12.3. The largest absolute Gasteiger partial charge is 0.443 e. The minimum atomic E-state index is -0.425. The molecule has 6 heteroatoms. The molecule has 1 aliphatic rings. The second-order valence-electron chi connectivity index (χ2n) is 3.80. The van der Waals surface area contributed by atoms with Crippen LogP contribution in [0, 0.1) is 0 Å². The van der Waals surface area contributed by atoms with Gasteiger partial charge < -0.3 is 9.64 Å². The summed E-state index contributed by atoms with van der Waals surface area (Å²) in [5, 5.41) is 3.48. The molecule has 6 nitrogen and oxygen atoms in total. The van der Waals surface area contributed by atoms with Gasteiger partial charge in [-0.05, 0) is 11.1 Å². The van der Waals surface area contributed by atoms with E-state index in [1.165, 1.54) is 4.90 Å². The number of rotatable bonds is 3. The van der Waals surface area contributed by atoms with Gasteiger partial charge in [-0.3, -0.25) is 0 Å². The Bertz CT molecular complexity index is 454. The van der Waals surface area contributed by atoms with Crippen LogP contribution in [0.4, 0.5) is 4.79 Å². The Labute approximate surface area is 98.4 Å². The molecule has 1 amide bonds. The highest BCUT2D eigenvalue weighted by molar-refractivity contribution is 5.70. The van der Waals surface area contributed by atoms with E-state index in [9.17, 15) is 4.79 Å². The first-order chi connectivity index (χ1) is 8.24. The van der Waals surface area contributed by atoms with Crippen molar-refractivity contribution in [2.75, 3.05) is 13.6 Å². The summed E-state index contributed by atoms with van der Waals surface area (Å²) >= 11 is 0. The Hall–Kier alpha value is -2.20. The van der Waals surface area contributed by atoms with Gasteiger partial charge in [0.2, 0.25) is 0 Å². The van der Waals surface area contributed by atoms with E-state index in [1.54, 1.807) is 7.05 Å². The predicted octanol–water partition coefficient (Wildman–Crippen LogP) is 2.49. The zero-order valence-electron chi connectivity index (χ0n) is 9.35. The first kappa shape index (κ1) is 11.3. The summed E-state index contributed by atoms with van der Waals surface area (Å²) in [6.07, 6.45) is -0.817. The third-order valence-corrected chi connectivity index (χ3v) is 2.78. The van der Waals surface area contributed by atoms with Crippen molar-refractivity contribution >= 4 is 6.09 Å². The molecule has 0 aromatic heterocycles. The molecule has 1 aromatic carbocycles. The van der Waals surface area contributed by atoms with Crippen molar-refractivity contribution in [2.24, 2.45) is 5.11 Å². The highest BCUT2D eigenvalue weighted by atomic mass is 16.6. The van der Waals surface area contributed by atoms with E-state index in [1.807, 2.05) is 30.3 Å². The maximum atomic E-state index is 11.5. The maximum absolute atomic E-state index is 11.5. The van der Waals surface area contributed by atoms with Gasteiger partial charge in [0, 0.05) is 12.0 Å². The lowest BCUT2D eigenvalue weighted by atomic mass is 10.0. The zero-order valence-corrected chi connectivity index (χ0v) is 9.35. The number of benzene rings is 1. The van der Waals surface area contributed by atoms with Gasteiger partial charge in [-0.2, -0.15) is 0 Å². The smallest absolute Gasteiger partial charge is 0.410 e. The van der Waals surface area contributed by atoms with E-state index < -0.39 is 12.2 Å². The average molecular weight is 232 g/mol. The number of cyclic esters (lactones) is 1. The van der Waals surface area contributed by atoms with Crippen LogP contribution in [0.2, 0.25) is 0 Å². The van der Waals surface area contributed by atoms with Gasteiger partial charge in [-0.25, -0.2) is 4.79 Å². The van der Waals surface area contributed by atoms with Crippen molar-refractivity contribution in [1.82, 2.24) is 4.90 Å².